The largest absolute Gasteiger partial charge is 0.330 e. The van der Waals surface area contributed by atoms with Crippen LogP contribution in [0.15, 0.2) is 34.8 Å². The summed E-state index contributed by atoms with van der Waals surface area (Å²) in [5.41, 5.74) is 7.55. The van der Waals surface area contributed by atoms with Gasteiger partial charge in [-0.05, 0) is 46.1 Å². The Balaban J connectivity index is 2.47. The van der Waals surface area contributed by atoms with Crippen LogP contribution < -0.4 is 5.73 Å². The lowest BCUT2D eigenvalue weighted by atomic mass is 10.2. The van der Waals surface area contributed by atoms with Gasteiger partial charge >= 0.3 is 0 Å². The Morgan fingerprint density at radius 3 is 2.88 bits per heavy atom. The second-order valence-corrected chi connectivity index (χ2v) is 4.71. The van der Waals surface area contributed by atoms with Crippen molar-refractivity contribution in [3.8, 4) is 0 Å². The van der Waals surface area contributed by atoms with Crippen molar-refractivity contribution in [3.63, 3.8) is 0 Å². The van der Waals surface area contributed by atoms with Gasteiger partial charge in [0.1, 0.15) is 5.82 Å². The number of rotatable bonds is 2. The van der Waals surface area contributed by atoms with Crippen molar-refractivity contribution in [2.75, 3.05) is 6.54 Å². The molecule has 2 heterocycles. The molecule has 0 spiro atoms. The first-order valence-corrected chi connectivity index (χ1v) is 6.22. The van der Waals surface area contributed by atoms with Crippen LogP contribution in [0.25, 0.3) is 16.6 Å². The van der Waals surface area contributed by atoms with Crippen molar-refractivity contribution >= 4 is 32.5 Å². The van der Waals surface area contributed by atoms with Crippen LogP contribution in [0.2, 0.25) is 0 Å². The van der Waals surface area contributed by atoms with Gasteiger partial charge in [0.05, 0.1) is 5.52 Å². The number of fused-ring (bicyclic) bond motifs is 3. The second-order valence-electron chi connectivity index (χ2n) is 3.86. The molecule has 0 atom stereocenters. The minimum absolute atomic E-state index is 0.571. The number of hydrogen-bond donors (Lipinski definition) is 1. The highest BCUT2D eigenvalue weighted by atomic mass is 79.9. The maximum absolute atomic E-state index is 5.60. The molecule has 0 amide bonds. The molecule has 3 aromatic rings. The summed E-state index contributed by atoms with van der Waals surface area (Å²) in [5.74, 6) is 0.903. The zero-order chi connectivity index (χ0) is 11.8. The fourth-order valence-electron chi connectivity index (χ4n) is 2.04. The molecule has 5 heteroatoms. The van der Waals surface area contributed by atoms with Crippen molar-refractivity contribution in [2.24, 2.45) is 5.73 Å². The molecule has 0 aliphatic rings. The lowest BCUT2D eigenvalue weighted by Gasteiger charge is -2.06. The molecule has 0 saturated heterocycles. The van der Waals surface area contributed by atoms with Crippen LogP contribution in [0.3, 0.4) is 0 Å². The first-order chi connectivity index (χ1) is 8.31. The van der Waals surface area contributed by atoms with Crippen molar-refractivity contribution in [1.29, 1.82) is 0 Å². The van der Waals surface area contributed by atoms with Crippen molar-refractivity contribution < 1.29 is 0 Å². The van der Waals surface area contributed by atoms with Crippen molar-refractivity contribution in [2.45, 2.75) is 6.42 Å². The average Bonchev–Trinajstić information content (AvgIpc) is 2.73. The Hall–Kier alpha value is -1.46. The van der Waals surface area contributed by atoms with Gasteiger partial charge in [-0.15, -0.1) is 10.2 Å². The Bertz CT molecular complexity index is 689. The van der Waals surface area contributed by atoms with E-state index in [1.807, 2.05) is 18.2 Å². The zero-order valence-electron chi connectivity index (χ0n) is 9.10. The summed E-state index contributed by atoms with van der Waals surface area (Å²) in [6.07, 6.45) is 0.724. The molecule has 0 fully saturated rings. The fraction of sp³-hybridized carbons (Fsp3) is 0.167. The van der Waals surface area contributed by atoms with Crippen LogP contribution >= 0.6 is 15.9 Å². The van der Waals surface area contributed by atoms with Crippen LogP contribution in [-0.2, 0) is 6.42 Å². The number of para-hydroxylation sites is 1. The number of nitrogens with zero attached hydrogens (tertiary/aromatic N) is 3. The second kappa shape index (κ2) is 4.09. The number of pyridine rings is 1. The summed E-state index contributed by atoms with van der Waals surface area (Å²) in [4.78, 5) is 0. The first-order valence-electron chi connectivity index (χ1n) is 5.42. The van der Waals surface area contributed by atoms with Gasteiger partial charge in [0.15, 0.2) is 5.65 Å². The predicted molar refractivity (Wildman–Crippen MR) is 71.0 cm³/mol. The fourth-order valence-corrected chi connectivity index (χ4v) is 2.60. The van der Waals surface area contributed by atoms with E-state index in [1.165, 1.54) is 0 Å². The SMILES string of the molecule is NCCc1nnc2ccc3cccc(Br)c3n12. The minimum Gasteiger partial charge on any atom is -0.330 e. The molecule has 0 aliphatic carbocycles. The lowest BCUT2D eigenvalue weighted by Crippen LogP contribution is -2.06. The van der Waals surface area contributed by atoms with Gasteiger partial charge in [0.2, 0.25) is 0 Å². The van der Waals surface area contributed by atoms with Crippen molar-refractivity contribution in [3.05, 3.63) is 40.6 Å². The summed E-state index contributed by atoms with van der Waals surface area (Å²) in [5, 5.41) is 9.51. The Morgan fingerprint density at radius 1 is 1.18 bits per heavy atom. The van der Waals surface area contributed by atoms with Crippen molar-refractivity contribution in [1.82, 2.24) is 14.6 Å². The summed E-state index contributed by atoms with van der Waals surface area (Å²) in [6.45, 7) is 0.571. The highest BCUT2D eigenvalue weighted by Gasteiger charge is 2.09. The van der Waals surface area contributed by atoms with E-state index >= 15 is 0 Å². The van der Waals surface area contributed by atoms with E-state index in [-0.39, 0.29) is 0 Å². The Morgan fingerprint density at radius 2 is 2.06 bits per heavy atom. The smallest absolute Gasteiger partial charge is 0.161 e. The molecular formula is C12H11BrN4. The van der Waals surface area contributed by atoms with Crippen LogP contribution in [0.4, 0.5) is 0 Å². The highest BCUT2D eigenvalue weighted by Crippen LogP contribution is 2.25. The topological polar surface area (TPSA) is 56.2 Å². The number of halogens is 1. The van der Waals surface area contributed by atoms with Gasteiger partial charge in [0.25, 0.3) is 0 Å². The van der Waals surface area contributed by atoms with Gasteiger partial charge in [-0.25, -0.2) is 0 Å². The molecule has 2 N–H and O–H groups in total. The van der Waals surface area contributed by atoms with Crippen LogP contribution in [-0.4, -0.2) is 21.1 Å². The third-order valence-electron chi connectivity index (χ3n) is 2.78. The molecule has 0 aliphatic heterocycles. The van der Waals surface area contributed by atoms with E-state index in [0.29, 0.717) is 6.54 Å². The monoisotopic (exact) mass is 290 g/mol. The number of benzene rings is 1. The van der Waals surface area contributed by atoms with Gasteiger partial charge in [-0.1, -0.05) is 12.1 Å². The van der Waals surface area contributed by atoms with E-state index in [0.717, 1.165) is 33.3 Å². The summed E-state index contributed by atoms with van der Waals surface area (Å²) >= 11 is 3.58. The minimum atomic E-state index is 0.571. The van der Waals surface area contributed by atoms with Crippen LogP contribution in [0.1, 0.15) is 5.82 Å². The molecule has 3 rings (SSSR count). The van der Waals surface area contributed by atoms with Crippen LogP contribution in [0.5, 0.6) is 0 Å². The number of nitrogens with two attached hydrogens (primary N) is 1. The molecule has 0 radical (unpaired) electrons. The molecule has 86 valence electrons. The van der Waals surface area contributed by atoms with E-state index < -0.39 is 0 Å². The molecular weight excluding hydrogens is 280 g/mol. The number of aromatic nitrogens is 3. The summed E-state index contributed by atoms with van der Waals surface area (Å²) in [6, 6.07) is 10.1. The molecule has 4 nitrogen and oxygen atoms in total. The van der Waals surface area contributed by atoms with Gasteiger partial charge in [-0.2, -0.15) is 0 Å². The number of hydrogen-bond acceptors (Lipinski definition) is 3. The van der Waals surface area contributed by atoms with Gasteiger partial charge < -0.3 is 5.73 Å². The van der Waals surface area contributed by atoms with Gasteiger partial charge in [-0.3, -0.25) is 4.40 Å². The average molecular weight is 291 g/mol. The quantitative estimate of drug-likeness (QED) is 0.787. The van der Waals surface area contributed by atoms with E-state index in [1.54, 1.807) is 0 Å². The van der Waals surface area contributed by atoms with E-state index in [2.05, 4.69) is 42.7 Å². The molecule has 0 bridgehead atoms. The highest BCUT2D eigenvalue weighted by molar-refractivity contribution is 9.10. The maximum Gasteiger partial charge on any atom is 0.161 e. The molecule has 0 unspecified atom stereocenters. The third kappa shape index (κ3) is 1.62. The molecule has 17 heavy (non-hydrogen) atoms. The predicted octanol–water partition coefficient (Wildman–Crippen LogP) is 2.15. The zero-order valence-corrected chi connectivity index (χ0v) is 10.7. The molecule has 2 aromatic heterocycles. The first kappa shape index (κ1) is 10.7. The van der Waals surface area contributed by atoms with E-state index in [4.69, 9.17) is 5.73 Å². The van der Waals surface area contributed by atoms with E-state index in [9.17, 15) is 0 Å². The lowest BCUT2D eigenvalue weighted by molar-refractivity contribution is 0.856. The third-order valence-corrected chi connectivity index (χ3v) is 3.42. The maximum atomic E-state index is 5.60. The van der Waals surface area contributed by atoms with Crippen LogP contribution in [0, 0.1) is 0 Å². The standard InChI is InChI=1S/C12H11BrN4/c13-9-3-1-2-8-4-5-10-15-16-11(6-7-14)17(10)12(8)9/h1-5H,6-7,14H2. The van der Waals surface area contributed by atoms with Gasteiger partial charge in [0, 0.05) is 10.9 Å². The Labute approximate surface area is 107 Å². The molecule has 0 saturated carbocycles. The summed E-state index contributed by atoms with van der Waals surface area (Å²) in [7, 11) is 0. The molecule has 1 aromatic carbocycles. The Kier molecular flexibility index (Phi) is 2.57. The normalized spacial score (nSPS) is 11.4. The summed E-state index contributed by atoms with van der Waals surface area (Å²) < 4.78 is 3.10.